The number of nitrogens with one attached hydrogen (secondary N) is 1. The first kappa shape index (κ1) is 17.0. The van der Waals surface area contributed by atoms with E-state index in [1.54, 1.807) is 12.1 Å². The first-order chi connectivity index (χ1) is 10.9. The molecule has 2 aromatic rings. The van der Waals surface area contributed by atoms with Gasteiger partial charge in [-0.2, -0.15) is 0 Å². The number of amides is 1. The van der Waals surface area contributed by atoms with Crippen molar-refractivity contribution in [1.29, 1.82) is 0 Å². The van der Waals surface area contributed by atoms with Crippen LogP contribution in [-0.4, -0.2) is 17.0 Å². The lowest BCUT2D eigenvalue weighted by molar-refractivity contribution is -0.137. The lowest BCUT2D eigenvalue weighted by Gasteiger charge is -2.18. The second-order valence-electron chi connectivity index (χ2n) is 5.13. The van der Waals surface area contributed by atoms with Gasteiger partial charge in [-0.25, -0.2) is 4.39 Å². The molecule has 0 heterocycles. The highest BCUT2D eigenvalue weighted by atomic mass is 35.5. The monoisotopic (exact) mass is 335 g/mol. The summed E-state index contributed by atoms with van der Waals surface area (Å²) in [4.78, 5) is 23.3. The van der Waals surface area contributed by atoms with Crippen molar-refractivity contribution in [3.8, 4) is 0 Å². The highest BCUT2D eigenvalue weighted by Crippen LogP contribution is 2.22. The van der Waals surface area contributed by atoms with E-state index in [1.807, 2.05) is 19.1 Å². The molecule has 0 saturated heterocycles. The van der Waals surface area contributed by atoms with Crippen LogP contribution in [0.15, 0.2) is 42.5 Å². The van der Waals surface area contributed by atoms with Gasteiger partial charge in [-0.15, -0.1) is 0 Å². The summed E-state index contributed by atoms with van der Waals surface area (Å²) in [5.74, 6) is -2.58. The number of aryl methyl sites for hydroxylation is 1. The van der Waals surface area contributed by atoms with Gasteiger partial charge < -0.3 is 10.4 Å². The summed E-state index contributed by atoms with van der Waals surface area (Å²) in [5, 5.41) is 11.6. The molecule has 120 valence electrons. The third-order valence-corrected chi connectivity index (χ3v) is 3.67. The van der Waals surface area contributed by atoms with Crippen LogP contribution in [0.2, 0.25) is 5.02 Å². The summed E-state index contributed by atoms with van der Waals surface area (Å²) in [6, 6.07) is 10.2. The van der Waals surface area contributed by atoms with E-state index in [0.29, 0.717) is 5.56 Å². The van der Waals surface area contributed by atoms with Crippen LogP contribution < -0.4 is 5.32 Å². The van der Waals surface area contributed by atoms with Gasteiger partial charge in [0.25, 0.3) is 5.91 Å². The summed E-state index contributed by atoms with van der Waals surface area (Å²) in [6.07, 6.45) is -0.319. The van der Waals surface area contributed by atoms with E-state index >= 15 is 0 Å². The summed E-state index contributed by atoms with van der Waals surface area (Å²) >= 11 is 5.86. The topological polar surface area (TPSA) is 66.4 Å². The van der Waals surface area contributed by atoms with Crippen molar-refractivity contribution in [1.82, 2.24) is 5.32 Å². The van der Waals surface area contributed by atoms with E-state index in [4.69, 9.17) is 16.7 Å². The van der Waals surface area contributed by atoms with E-state index in [9.17, 15) is 14.0 Å². The van der Waals surface area contributed by atoms with Crippen LogP contribution in [0.1, 0.15) is 33.9 Å². The third kappa shape index (κ3) is 4.29. The molecule has 2 rings (SSSR count). The van der Waals surface area contributed by atoms with Gasteiger partial charge in [0.15, 0.2) is 0 Å². The molecule has 2 N–H and O–H groups in total. The Labute approximate surface area is 137 Å². The molecule has 1 amide bonds. The number of hydrogen-bond acceptors (Lipinski definition) is 2. The summed E-state index contributed by atoms with van der Waals surface area (Å²) in [7, 11) is 0. The quantitative estimate of drug-likeness (QED) is 0.874. The number of carbonyl (C=O) groups is 2. The summed E-state index contributed by atoms with van der Waals surface area (Å²) < 4.78 is 13.8. The van der Waals surface area contributed by atoms with E-state index in [1.165, 1.54) is 12.1 Å². The van der Waals surface area contributed by atoms with E-state index in [-0.39, 0.29) is 17.0 Å². The predicted molar refractivity (Wildman–Crippen MR) is 85.0 cm³/mol. The third-order valence-electron chi connectivity index (χ3n) is 3.35. The van der Waals surface area contributed by atoms with Crippen LogP contribution >= 0.6 is 11.6 Å². The zero-order valence-corrected chi connectivity index (χ0v) is 13.1. The van der Waals surface area contributed by atoms with Crippen molar-refractivity contribution in [3.05, 3.63) is 70.0 Å². The van der Waals surface area contributed by atoms with Crippen molar-refractivity contribution in [2.24, 2.45) is 0 Å². The Kier molecular flexibility index (Phi) is 5.34. The van der Waals surface area contributed by atoms with Gasteiger partial charge in [-0.3, -0.25) is 9.59 Å². The molecule has 0 fully saturated rings. The van der Waals surface area contributed by atoms with Gasteiger partial charge in [0, 0.05) is 0 Å². The van der Waals surface area contributed by atoms with E-state index < -0.39 is 23.7 Å². The SMILES string of the molecule is Cc1ccc([C@@H](CC(=O)O)NC(=O)c2c(F)cccc2Cl)cc1. The van der Waals surface area contributed by atoms with Crippen molar-refractivity contribution in [2.75, 3.05) is 0 Å². The average Bonchev–Trinajstić information content (AvgIpc) is 2.46. The Balaban J connectivity index is 2.29. The Morgan fingerprint density at radius 2 is 1.87 bits per heavy atom. The van der Waals surface area contributed by atoms with Gasteiger partial charge in [0.2, 0.25) is 0 Å². The Morgan fingerprint density at radius 1 is 1.22 bits per heavy atom. The second-order valence-corrected chi connectivity index (χ2v) is 5.54. The van der Waals surface area contributed by atoms with Crippen molar-refractivity contribution in [2.45, 2.75) is 19.4 Å². The lowest BCUT2D eigenvalue weighted by Crippen LogP contribution is -2.31. The number of carboxylic acids is 1. The van der Waals surface area contributed by atoms with Crippen LogP contribution in [0, 0.1) is 12.7 Å². The second kappa shape index (κ2) is 7.24. The smallest absolute Gasteiger partial charge is 0.305 e. The molecule has 0 radical (unpaired) electrons. The van der Waals surface area contributed by atoms with Crippen LogP contribution in [-0.2, 0) is 4.79 Å². The molecule has 6 heteroatoms. The molecular weight excluding hydrogens is 321 g/mol. The normalized spacial score (nSPS) is 11.8. The number of halogens is 2. The van der Waals surface area contributed by atoms with Gasteiger partial charge >= 0.3 is 5.97 Å². The summed E-state index contributed by atoms with van der Waals surface area (Å²) in [6.45, 7) is 1.90. The molecular formula is C17H15ClFNO3. The number of carboxylic acid groups (broad SMARTS) is 1. The fourth-order valence-electron chi connectivity index (χ4n) is 2.17. The maximum absolute atomic E-state index is 13.8. The molecule has 2 aromatic carbocycles. The molecule has 1 atom stereocenters. The van der Waals surface area contributed by atoms with Crippen molar-refractivity contribution in [3.63, 3.8) is 0 Å². The zero-order chi connectivity index (χ0) is 17.0. The molecule has 0 unspecified atom stereocenters. The van der Waals surface area contributed by atoms with Crippen LogP contribution in [0.5, 0.6) is 0 Å². The fourth-order valence-corrected chi connectivity index (χ4v) is 2.42. The van der Waals surface area contributed by atoms with Crippen molar-refractivity contribution < 1.29 is 19.1 Å². The largest absolute Gasteiger partial charge is 0.481 e. The Morgan fingerprint density at radius 3 is 2.43 bits per heavy atom. The van der Waals surface area contributed by atoms with E-state index in [2.05, 4.69) is 5.32 Å². The molecule has 0 aliphatic carbocycles. The van der Waals surface area contributed by atoms with Gasteiger partial charge in [-0.05, 0) is 24.6 Å². The number of benzene rings is 2. The van der Waals surface area contributed by atoms with Gasteiger partial charge in [0.1, 0.15) is 5.82 Å². The molecule has 0 spiro atoms. The number of rotatable bonds is 5. The van der Waals surface area contributed by atoms with Crippen LogP contribution in [0.4, 0.5) is 4.39 Å². The average molecular weight is 336 g/mol. The van der Waals surface area contributed by atoms with Gasteiger partial charge in [-0.1, -0.05) is 47.5 Å². The van der Waals surface area contributed by atoms with E-state index in [0.717, 1.165) is 11.6 Å². The summed E-state index contributed by atoms with van der Waals surface area (Å²) in [5.41, 5.74) is 1.33. The zero-order valence-electron chi connectivity index (χ0n) is 12.3. The van der Waals surface area contributed by atoms with Crippen LogP contribution in [0.3, 0.4) is 0 Å². The minimum atomic E-state index is -1.07. The number of hydrogen-bond donors (Lipinski definition) is 2. The number of aliphatic carboxylic acids is 1. The Bertz CT molecular complexity index is 711. The molecule has 0 bridgehead atoms. The lowest BCUT2D eigenvalue weighted by atomic mass is 10.0. The van der Waals surface area contributed by atoms with Crippen molar-refractivity contribution >= 4 is 23.5 Å². The maximum atomic E-state index is 13.8. The van der Waals surface area contributed by atoms with Gasteiger partial charge in [0.05, 0.1) is 23.0 Å². The first-order valence-electron chi connectivity index (χ1n) is 6.91. The standard InChI is InChI=1S/C17H15ClFNO3/c1-10-5-7-11(8-6-10)14(9-15(21)22)20-17(23)16-12(18)3-2-4-13(16)19/h2-8,14H,9H2,1H3,(H,20,23)(H,21,22)/t14-/m1/s1. The highest BCUT2D eigenvalue weighted by molar-refractivity contribution is 6.33. The molecule has 0 aliphatic rings. The predicted octanol–water partition coefficient (Wildman–Crippen LogP) is 3.73. The van der Waals surface area contributed by atoms with Crippen LogP contribution in [0.25, 0.3) is 0 Å². The Hall–Kier alpha value is -2.40. The maximum Gasteiger partial charge on any atom is 0.305 e. The first-order valence-corrected chi connectivity index (χ1v) is 7.29. The molecule has 4 nitrogen and oxygen atoms in total. The molecule has 0 aliphatic heterocycles. The molecule has 0 aromatic heterocycles. The fraction of sp³-hybridized carbons (Fsp3) is 0.176. The molecule has 23 heavy (non-hydrogen) atoms. The minimum absolute atomic E-state index is 0.0273. The minimum Gasteiger partial charge on any atom is -0.481 e. The highest BCUT2D eigenvalue weighted by Gasteiger charge is 2.22. The molecule has 0 saturated carbocycles. The number of carbonyl (C=O) groups excluding carboxylic acids is 1.